The molecule has 2 aliphatic carbocycles. The number of ether oxygens (including phenoxy) is 1. The molecule has 2 fully saturated rings. The second-order valence-electron chi connectivity index (χ2n) is 7.08. The first-order chi connectivity index (χ1) is 10.9. The second kappa shape index (κ2) is 6.31. The van der Waals surface area contributed by atoms with Crippen molar-refractivity contribution >= 4 is 6.02 Å². The molecule has 0 aromatic heterocycles. The minimum atomic E-state index is 0.603. The SMILES string of the molecule is c1ccc(CCC[C@H]2[C@@H]3CC[C@@H](C3)[C@H]2NC2=NCCO2)cc1. The van der Waals surface area contributed by atoms with E-state index in [0.717, 1.165) is 36.9 Å². The minimum absolute atomic E-state index is 0.603. The molecule has 1 N–H and O–H groups in total. The van der Waals surface area contributed by atoms with Gasteiger partial charge in [0.15, 0.2) is 0 Å². The summed E-state index contributed by atoms with van der Waals surface area (Å²) in [4.78, 5) is 4.43. The lowest BCUT2D eigenvalue weighted by molar-refractivity contribution is 0.234. The third-order valence-electron chi connectivity index (χ3n) is 5.81. The number of amidine groups is 1. The molecule has 0 radical (unpaired) electrons. The predicted octanol–water partition coefficient (Wildman–Crippen LogP) is 3.40. The van der Waals surface area contributed by atoms with Gasteiger partial charge in [0.05, 0.1) is 6.54 Å². The molecule has 1 aromatic rings. The van der Waals surface area contributed by atoms with Crippen molar-refractivity contribution in [3.63, 3.8) is 0 Å². The molecule has 3 nitrogen and oxygen atoms in total. The van der Waals surface area contributed by atoms with Crippen LogP contribution in [0.15, 0.2) is 35.3 Å². The van der Waals surface area contributed by atoms with E-state index in [9.17, 15) is 0 Å². The van der Waals surface area contributed by atoms with Crippen LogP contribution in [0.1, 0.15) is 37.7 Å². The van der Waals surface area contributed by atoms with E-state index < -0.39 is 0 Å². The highest BCUT2D eigenvalue weighted by atomic mass is 16.5. The molecule has 0 saturated heterocycles. The van der Waals surface area contributed by atoms with Crippen molar-refractivity contribution in [2.24, 2.45) is 22.7 Å². The Hall–Kier alpha value is -1.51. The molecule has 118 valence electrons. The van der Waals surface area contributed by atoms with Gasteiger partial charge in [-0.1, -0.05) is 30.3 Å². The second-order valence-corrected chi connectivity index (χ2v) is 7.08. The summed E-state index contributed by atoms with van der Waals surface area (Å²) in [5.41, 5.74) is 1.47. The Bertz CT molecular complexity index is 527. The fourth-order valence-electron chi connectivity index (χ4n) is 4.80. The van der Waals surface area contributed by atoms with Crippen molar-refractivity contribution < 1.29 is 4.74 Å². The summed E-state index contributed by atoms with van der Waals surface area (Å²) in [6, 6.07) is 12.3. The largest absolute Gasteiger partial charge is 0.463 e. The number of benzene rings is 1. The van der Waals surface area contributed by atoms with Crippen molar-refractivity contribution in [1.82, 2.24) is 5.32 Å². The molecule has 3 heteroatoms. The van der Waals surface area contributed by atoms with Gasteiger partial charge in [-0.15, -0.1) is 0 Å². The molecule has 0 amide bonds. The third kappa shape index (κ3) is 2.86. The molecule has 1 heterocycles. The van der Waals surface area contributed by atoms with E-state index in [4.69, 9.17) is 4.74 Å². The summed E-state index contributed by atoms with van der Waals surface area (Å²) < 4.78 is 5.58. The first-order valence-corrected chi connectivity index (χ1v) is 8.88. The average Bonchev–Trinajstić information content (AvgIpc) is 3.27. The van der Waals surface area contributed by atoms with Crippen molar-refractivity contribution in [3.8, 4) is 0 Å². The lowest BCUT2D eigenvalue weighted by atomic mass is 9.81. The molecule has 4 atom stereocenters. The molecule has 0 spiro atoms. The van der Waals surface area contributed by atoms with Gasteiger partial charge in [0, 0.05) is 6.04 Å². The molecule has 1 aromatic carbocycles. The monoisotopic (exact) mass is 298 g/mol. The molecular formula is C19H26N2O. The van der Waals surface area contributed by atoms with Gasteiger partial charge in [0.1, 0.15) is 6.61 Å². The molecule has 3 aliphatic rings. The highest BCUT2D eigenvalue weighted by Crippen LogP contribution is 2.50. The van der Waals surface area contributed by atoms with Crippen LogP contribution in [0.5, 0.6) is 0 Å². The van der Waals surface area contributed by atoms with E-state index in [2.05, 4.69) is 40.6 Å². The highest BCUT2D eigenvalue weighted by Gasteiger charge is 2.47. The Morgan fingerprint density at radius 3 is 2.82 bits per heavy atom. The average molecular weight is 298 g/mol. The number of aryl methyl sites for hydroxylation is 1. The Morgan fingerprint density at radius 1 is 1.14 bits per heavy atom. The quantitative estimate of drug-likeness (QED) is 0.904. The van der Waals surface area contributed by atoms with Crippen molar-refractivity contribution in [3.05, 3.63) is 35.9 Å². The van der Waals surface area contributed by atoms with Crippen LogP contribution in [-0.2, 0) is 11.2 Å². The molecule has 22 heavy (non-hydrogen) atoms. The topological polar surface area (TPSA) is 33.6 Å². The number of nitrogens with one attached hydrogen (secondary N) is 1. The van der Waals surface area contributed by atoms with E-state index in [0.29, 0.717) is 6.04 Å². The van der Waals surface area contributed by atoms with Crippen molar-refractivity contribution in [2.45, 2.75) is 44.6 Å². The molecule has 2 bridgehead atoms. The lowest BCUT2D eigenvalue weighted by Crippen LogP contribution is -2.44. The van der Waals surface area contributed by atoms with E-state index in [-0.39, 0.29) is 0 Å². The maximum Gasteiger partial charge on any atom is 0.285 e. The van der Waals surface area contributed by atoms with Crippen LogP contribution in [-0.4, -0.2) is 25.2 Å². The highest BCUT2D eigenvalue weighted by molar-refractivity contribution is 5.75. The van der Waals surface area contributed by atoms with Gasteiger partial charge >= 0.3 is 0 Å². The number of fused-ring (bicyclic) bond motifs is 2. The van der Waals surface area contributed by atoms with Crippen LogP contribution >= 0.6 is 0 Å². The zero-order valence-corrected chi connectivity index (χ0v) is 13.2. The van der Waals surface area contributed by atoms with Gasteiger partial charge < -0.3 is 10.1 Å². The number of nitrogens with zero attached hydrogens (tertiary/aromatic N) is 1. The summed E-state index contributed by atoms with van der Waals surface area (Å²) in [5, 5.41) is 3.64. The normalized spacial score (nSPS) is 32.8. The smallest absolute Gasteiger partial charge is 0.285 e. The zero-order valence-electron chi connectivity index (χ0n) is 13.2. The first kappa shape index (κ1) is 14.1. The maximum absolute atomic E-state index is 5.58. The molecule has 4 rings (SSSR count). The zero-order chi connectivity index (χ0) is 14.8. The van der Waals surface area contributed by atoms with E-state index in [1.165, 1.54) is 44.1 Å². The van der Waals surface area contributed by atoms with Crippen LogP contribution in [0.25, 0.3) is 0 Å². The maximum atomic E-state index is 5.58. The minimum Gasteiger partial charge on any atom is -0.463 e. The van der Waals surface area contributed by atoms with E-state index in [1.807, 2.05) is 0 Å². The van der Waals surface area contributed by atoms with Gasteiger partial charge in [-0.05, 0) is 61.8 Å². The van der Waals surface area contributed by atoms with Gasteiger partial charge in [-0.2, -0.15) is 0 Å². The third-order valence-corrected chi connectivity index (χ3v) is 5.81. The van der Waals surface area contributed by atoms with Crippen LogP contribution in [0.3, 0.4) is 0 Å². The number of aliphatic imine (C=N–C) groups is 1. The predicted molar refractivity (Wildman–Crippen MR) is 88.9 cm³/mol. The van der Waals surface area contributed by atoms with E-state index >= 15 is 0 Å². The molecule has 1 aliphatic heterocycles. The fraction of sp³-hybridized carbons (Fsp3) is 0.632. The molecule has 2 saturated carbocycles. The van der Waals surface area contributed by atoms with Gasteiger partial charge in [0.2, 0.25) is 0 Å². The van der Waals surface area contributed by atoms with Crippen LogP contribution in [0.2, 0.25) is 0 Å². The number of hydrogen-bond acceptors (Lipinski definition) is 3. The summed E-state index contributed by atoms with van der Waals surface area (Å²) in [6.45, 7) is 1.57. The van der Waals surface area contributed by atoms with Gasteiger partial charge in [-0.25, -0.2) is 4.99 Å². The van der Waals surface area contributed by atoms with Crippen LogP contribution < -0.4 is 5.32 Å². The summed E-state index contributed by atoms with van der Waals surface area (Å²) in [5.74, 6) is 2.59. The fourth-order valence-corrected chi connectivity index (χ4v) is 4.80. The van der Waals surface area contributed by atoms with E-state index in [1.54, 1.807) is 0 Å². The number of rotatable bonds is 5. The Labute approximate surface area is 133 Å². The molecule has 0 unspecified atom stereocenters. The molecular weight excluding hydrogens is 272 g/mol. The standard InChI is InChI=1S/C19H26N2O/c1-2-5-14(6-3-1)7-4-8-17-15-9-10-16(13-15)18(17)21-19-20-11-12-22-19/h1-3,5-6,15-18H,4,7-13H2,(H,20,21)/t15-,16+,17+,18-/m1/s1. The van der Waals surface area contributed by atoms with Crippen molar-refractivity contribution in [2.75, 3.05) is 13.2 Å². The Kier molecular flexibility index (Phi) is 4.05. The van der Waals surface area contributed by atoms with Crippen LogP contribution in [0.4, 0.5) is 0 Å². The van der Waals surface area contributed by atoms with Gasteiger partial charge in [0.25, 0.3) is 6.02 Å². The summed E-state index contributed by atoms with van der Waals surface area (Å²) in [7, 11) is 0. The van der Waals surface area contributed by atoms with Crippen LogP contribution in [0, 0.1) is 17.8 Å². The van der Waals surface area contributed by atoms with Gasteiger partial charge in [-0.3, -0.25) is 0 Å². The Morgan fingerprint density at radius 2 is 2.00 bits per heavy atom. The summed E-state index contributed by atoms with van der Waals surface area (Å²) in [6.07, 6.45) is 8.08. The summed E-state index contributed by atoms with van der Waals surface area (Å²) >= 11 is 0. The Balaban J connectivity index is 1.34. The number of hydrogen-bond donors (Lipinski definition) is 1. The first-order valence-electron chi connectivity index (χ1n) is 8.88. The van der Waals surface area contributed by atoms with Crippen molar-refractivity contribution in [1.29, 1.82) is 0 Å². The lowest BCUT2D eigenvalue weighted by Gasteiger charge is -2.32.